The van der Waals surface area contributed by atoms with Gasteiger partial charge in [0.05, 0.1) is 17.9 Å². The van der Waals surface area contributed by atoms with Gasteiger partial charge >= 0.3 is 0 Å². The lowest BCUT2D eigenvalue weighted by Crippen LogP contribution is -2.16. The van der Waals surface area contributed by atoms with Crippen LogP contribution in [0.25, 0.3) is 6.08 Å². The highest BCUT2D eigenvalue weighted by Gasteiger charge is 2.05. The molecule has 0 atom stereocenters. The largest absolute Gasteiger partial charge is 0.401 e. The quantitative estimate of drug-likeness (QED) is 0.698. The van der Waals surface area contributed by atoms with E-state index in [1.54, 1.807) is 6.20 Å². The van der Waals surface area contributed by atoms with Crippen LogP contribution in [0.5, 0.6) is 0 Å². The second-order valence-corrected chi connectivity index (χ2v) is 2.51. The molecule has 0 saturated carbocycles. The lowest BCUT2D eigenvalue weighted by molar-refractivity contribution is 1.13. The van der Waals surface area contributed by atoms with Crippen molar-refractivity contribution in [3.05, 3.63) is 29.7 Å². The predicted octanol–water partition coefficient (Wildman–Crippen LogP) is 1.65. The van der Waals surface area contributed by atoms with Gasteiger partial charge in [0.2, 0.25) is 0 Å². The first-order valence-electron chi connectivity index (χ1n) is 3.51. The zero-order valence-corrected chi connectivity index (χ0v) is 8.49. The average molecular weight is 220 g/mol. The smallest absolute Gasteiger partial charge is 0.0878 e. The van der Waals surface area contributed by atoms with Gasteiger partial charge in [0.15, 0.2) is 0 Å². The molecule has 1 aromatic heterocycles. The summed E-state index contributed by atoms with van der Waals surface area (Å²) in [4.78, 5) is 4.15. The molecule has 1 aliphatic heterocycles. The van der Waals surface area contributed by atoms with Crippen molar-refractivity contribution in [2.45, 2.75) is 0 Å². The van der Waals surface area contributed by atoms with Crippen molar-refractivity contribution >= 4 is 36.6 Å². The van der Waals surface area contributed by atoms with Gasteiger partial charge in [0.25, 0.3) is 0 Å². The van der Waals surface area contributed by atoms with Crippen LogP contribution < -0.4 is 11.1 Å². The number of nitrogens with one attached hydrogen (secondary N) is 1. The fraction of sp³-hybridized carbons (Fsp3) is 0.125. The number of pyridine rings is 1. The van der Waals surface area contributed by atoms with E-state index in [-0.39, 0.29) is 24.8 Å². The SMILES string of the molecule is Cl.Cl.NC1=Cc2ncccc2NC1. The number of fused-ring (bicyclic) bond motifs is 1. The summed E-state index contributed by atoms with van der Waals surface area (Å²) in [6, 6.07) is 3.90. The third-order valence-corrected chi connectivity index (χ3v) is 1.64. The summed E-state index contributed by atoms with van der Waals surface area (Å²) < 4.78 is 0. The fourth-order valence-electron chi connectivity index (χ4n) is 1.11. The van der Waals surface area contributed by atoms with Crippen LogP contribution in [0.15, 0.2) is 24.0 Å². The first-order chi connectivity index (χ1) is 5.36. The number of hydrogen-bond acceptors (Lipinski definition) is 3. The molecule has 0 radical (unpaired) electrons. The first kappa shape index (κ1) is 12.1. The van der Waals surface area contributed by atoms with Crippen molar-refractivity contribution in [1.82, 2.24) is 4.98 Å². The van der Waals surface area contributed by atoms with E-state index < -0.39 is 0 Å². The monoisotopic (exact) mass is 219 g/mol. The zero-order chi connectivity index (χ0) is 7.68. The molecule has 1 aliphatic rings. The average Bonchev–Trinajstić information content (AvgIpc) is 2.04. The molecule has 3 nitrogen and oxygen atoms in total. The van der Waals surface area contributed by atoms with Gasteiger partial charge in [-0.05, 0) is 18.2 Å². The van der Waals surface area contributed by atoms with E-state index in [2.05, 4.69) is 10.3 Å². The molecular weight excluding hydrogens is 209 g/mol. The van der Waals surface area contributed by atoms with Crippen LogP contribution in [0.2, 0.25) is 0 Å². The van der Waals surface area contributed by atoms with Gasteiger partial charge in [-0.1, -0.05) is 0 Å². The van der Waals surface area contributed by atoms with Crippen LogP contribution in [0.3, 0.4) is 0 Å². The van der Waals surface area contributed by atoms with Crippen molar-refractivity contribution < 1.29 is 0 Å². The third kappa shape index (κ3) is 2.50. The van der Waals surface area contributed by atoms with Crippen LogP contribution in [0.1, 0.15) is 5.69 Å². The Balaban J connectivity index is 0.000000720. The highest BCUT2D eigenvalue weighted by Crippen LogP contribution is 2.18. The standard InChI is InChI=1S/C8H9N3.2ClH/c9-6-4-8-7(11-5-6)2-1-3-10-8;;/h1-4,11H,5,9H2;2*1H. The van der Waals surface area contributed by atoms with E-state index in [1.165, 1.54) is 0 Å². The maximum Gasteiger partial charge on any atom is 0.0878 e. The number of nitrogens with two attached hydrogens (primary N) is 1. The Morgan fingerprint density at radius 2 is 2.15 bits per heavy atom. The van der Waals surface area contributed by atoms with Gasteiger partial charge in [-0.15, -0.1) is 24.8 Å². The summed E-state index contributed by atoms with van der Waals surface area (Å²) in [5, 5.41) is 3.16. The molecule has 2 heterocycles. The van der Waals surface area contributed by atoms with E-state index in [4.69, 9.17) is 5.73 Å². The van der Waals surface area contributed by atoms with E-state index in [0.717, 1.165) is 23.6 Å². The number of rotatable bonds is 0. The lowest BCUT2D eigenvalue weighted by atomic mass is 10.2. The van der Waals surface area contributed by atoms with Crippen LogP contribution in [-0.4, -0.2) is 11.5 Å². The second-order valence-electron chi connectivity index (χ2n) is 2.51. The van der Waals surface area contributed by atoms with Gasteiger partial charge in [-0.2, -0.15) is 0 Å². The third-order valence-electron chi connectivity index (χ3n) is 1.64. The summed E-state index contributed by atoms with van der Waals surface area (Å²) in [6.07, 6.45) is 3.65. The summed E-state index contributed by atoms with van der Waals surface area (Å²) in [6.45, 7) is 0.721. The molecule has 0 saturated heterocycles. The lowest BCUT2D eigenvalue weighted by Gasteiger charge is -2.14. The Morgan fingerprint density at radius 1 is 1.38 bits per heavy atom. The predicted molar refractivity (Wildman–Crippen MR) is 59.4 cm³/mol. The molecule has 0 aliphatic carbocycles. The van der Waals surface area contributed by atoms with Crippen molar-refractivity contribution in [2.75, 3.05) is 11.9 Å². The minimum atomic E-state index is 0. The number of nitrogens with zero attached hydrogens (tertiary/aromatic N) is 1. The summed E-state index contributed by atoms with van der Waals surface area (Å²) in [7, 11) is 0. The molecule has 5 heteroatoms. The van der Waals surface area contributed by atoms with Crippen LogP contribution in [0.4, 0.5) is 5.69 Å². The zero-order valence-electron chi connectivity index (χ0n) is 6.86. The van der Waals surface area contributed by atoms with Gasteiger partial charge < -0.3 is 11.1 Å². The maximum absolute atomic E-state index is 5.61. The van der Waals surface area contributed by atoms with Gasteiger partial charge in [0.1, 0.15) is 0 Å². The Kier molecular flexibility index (Phi) is 4.59. The second kappa shape index (κ2) is 4.94. The molecule has 72 valence electrons. The number of aromatic nitrogens is 1. The maximum atomic E-state index is 5.61. The molecule has 0 amide bonds. The van der Waals surface area contributed by atoms with E-state index in [9.17, 15) is 0 Å². The number of halogens is 2. The van der Waals surface area contributed by atoms with Gasteiger partial charge in [0, 0.05) is 11.9 Å². The summed E-state index contributed by atoms with van der Waals surface area (Å²) in [5.74, 6) is 0. The Bertz CT molecular complexity index is 312. The molecule has 13 heavy (non-hydrogen) atoms. The normalized spacial score (nSPS) is 12.5. The summed E-state index contributed by atoms with van der Waals surface area (Å²) >= 11 is 0. The molecule has 2 rings (SSSR count). The summed E-state index contributed by atoms with van der Waals surface area (Å²) in [5.41, 5.74) is 8.42. The van der Waals surface area contributed by atoms with Crippen molar-refractivity contribution in [3.63, 3.8) is 0 Å². The van der Waals surface area contributed by atoms with E-state index in [0.29, 0.717) is 0 Å². The Labute approximate surface area is 89.2 Å². The van der Waals surface area contributed by atoms with Gasteiger partial charge in [-0.25, -0.2) is 0 Å². The highest BCUT2D eigenvalue weighted by molar-refractivity contribution is 5.85. The molecule has 0 spiro atoms. The molecule has 3 N–H and O–H groups in total. The van der Waals surface area contributed by atoms with Gasteiger partial charge in [-0.3, -0.25) is 4.98 Å². The molecule has 0 unspecified atom stereocenters. The molecule has 0 fully saturated rings. The molecule has 0 bridgehead atoms. The van der Waals surface area contributed by atoms with Crippen LogP contribution >= 0.6 is 24.8 Å². The van der Waals surface area contributed by atoms with E-state index in [1.807, 2.05) is 18.2 Å². The minimum Gasteiger partial charge on any atom is -0.401 e. The molecular formula is C8H11Cl2N3. The molecule has 0 aromatic carbocycles. The topological polar surface area (TPSA) is 50.9 Å². The van der Waals surface area contributed by atoms with Crippen molar-refractivity contribution in [3.8, 4) is 0 Å². The van der Waals surface area contributed by atoms with Crippen molar-refractivity contribution in [2.24, 2.45) is 5.73 Å². The Hall–Kier alpha value is -0.930. The fourth-order valence-corrected chi connectivity index (χ4v) is 1.11. The minimum absolute atomic E-state index is 0. The van der Waals surface area contributed by atoms with E-state index >= 15 is 0 Å². The highest BCUT2D eigenvalue weighted by atomic mass is 35.5. The van der Waals surface area contributed by atoms with Crippen molar-refractivity contribution in [1.29, 1.82) is 0 Å². The first-order valence-corrected chi connectivity index (χ1v) is 3.51. The Morgan fingerprint density at radius 3 is 2.92 bits per heavy atom. The molecule has 1 aromatic rings. The van der Waals surface area contributed by atoms with Crippen LogP contribution in [-0.2, 0) is 0 Å². The number of anilines is 1. The van der Waals surface area contributed by atoms with Crippen LogP contribution in [0, 0.1) is 0 Å². The number of hydrogen-bond donors (Lipinski definition) is 2.